The molecule has 0 N–H and O–H groups in total. The topological polar surface area (TPSA) is 61.7 Å². The Labute approximate surface area is 200 Å². The van der Waals surface area contributed by atoms with Crippen LogP contribution < -0.4 is 0 Å². The molecule has 5 rings (SSSR count). The summed E-state index contributed by atoms with van der Waals surface area (Å²) in [6, 6.07) is 5.91. The number of aryl methyl sites for hydroxylation is 1. The summed E-state index contributed by atoms with van der Waals surface area (Å²) >= 11 is 6.36. The minimum atomic E-state index is 0.0257. The van der Waals surface area contributed by atoms with Crippen molar-refractivity contribution in [2.45, 2.75) is 38.5 Å². The van der Waals surface area contributed by atoms with Crippen LogP contribution in [0.1, 0.15) is 53.2 Å². The highest BCUT2D eigenvalue weighted by Gasteiger charge is 2.36. The van der Waals surface area contributed by atoms with E-state index in [-0.39, 0.29) is 17.7 Å². The van der Waals surface area contributed by atoms with Crippen LogP contribution in [-0.4, -0.2) is 82.6 Å². The smallest absolute Gasteiger partial charge is 0.257 e. The van der Waals surface area contributed by atoms with Crippen LogP contribution in [0.4, 0.5) is 0 Å². The van der Waals surface area contributed by atoms with Crippen molar-refractivity contribution in [3.05, 3.63) is 46.2 Å². The number of rotatable bonds is 4. The number of carbonyl (C=O) groups excluding carboxylic acids is 2. The Morgan fingerprint density at radius 2 is 1.67 bits per heavy atom. The summed E-state index contributed by atoms with van der Waals surface area (Å²) < 4.78 is 1.89. The maximum absolute atomic E-state index is 13.5. The second-order valence-corrected chi connectivity index (χ2v) is 10.2. The van der Waals surface area contributed by atoms with Gasteiger partial charge in [-0.3, -0.25) is 9.59 Å². The molecule has 0 unspecified atom stereocenters. The lowest BCUT2D eigenvalue weighted by Crippen LogP contribution is -2.51. The Morgan fingerprint density at radius 1 is 0.970 bits per heavy atom. The van der Waals surface area contributed by atoms with Crippen molar-refractivity contribution in [1.29, 1.82) is 0 Å². The second-order valence-electron chi connectivity index (χ2n) is 9.76. The predicted octanol–water partition coefficient (Wildman–Crippen LogP) is 3.34. The van der Waals surface area contributed by atoms with Crippen LogP contribution >= 0.6 is 11.6 Å². The van der Waals surface area contributed by atoms with Gasteiger partial charge < -0.3 is 14.7 Å². The van der Waals surface area contributed by atoms with Crippen molar-refractivity contribution in [3.63, 3.8) is 0 Å². The molecule has 7 nitrogen and oxygen atoms in total. The average molecular weight is 470 g/mol. The van der Waals surface area contributed by atoms with Crippen LogP contribution in [0.5, 0.6) is 0 Å². The van der Waals surface area contributed by atoms with E-state index in [1.807, 2.05) is 39.6 Å². The lowest BCUT2D eigenvalue weighted by Gasteiger charge is -2.37. The molecule has 3 heterocycles. The molecule has 1 saturated carbocycles. The Kier molecular flexibility index (Phi) is 6.18. The monoisotopic (exact) mass is 469 g/mol. The van der Waals surface area contributed by atoms with Gasteiger partial charge in [-0.25, -0.2) is 4.68 Å². The molecular formula is C25H32ClN5O2. The van der Waals surface area contributed by atoms with E-state index in [2.05, 4.69) is 17.0 Å². The van der Waals surface area contributed by atoms with Crippen LogP contribution in [0.3, 0.4) is 0 Å². The summed E-state index contributed by atoms with van der Waals surface area (Å²) in [6.07, 6.45) is 5.33. The largest absolute Gasteiger partial charge is 0.340 e. The van der Waals surface area contributed by atoms with Gasteiger partial charge in [-0.05, 0) is 57.4 Å². The molecule has 2 amide bonds. The first-order chi connectivity index (χ1) is 15.9. The number of piperazine rings is 1. The van der Waals surface area contributed by atoms with Gasteiger partial charge >= 0.3 is 0 Å². The van der Waals surface area contributed by atoms with Gasteiger partial charge in [-0.15, -0.1) is 0 Å². The third-order valence-electron chi connectivity index (χ3n) is 7.35. The van der Waals surface area contributed by atoms with E-state index in [0.29, 0.717) is 29.6 Å². The predicted molar refractivity (Wildman–Crippen MR) is 128 cm³/mol. The number of piperidine rings is 1. The minimum Gasteiger partial charge on any atom is -0.340 e. The van der Waals surface area contributed by atoms with E-state index in [0.717, 1.165) is 68.8 Å². The molecule has 1 aromatic carbocycles. The number of benzene rings is 1. The molecule has 0 radical (unpaired) electrons. The number of hydrogen-bond acceptors (Lipinski definition) is 4. The molecule has 0 bridgehead atoms. The van der Waals surface area contributed by atoms with Crippen LogP contribution in [0.25, 0.3) is 5.69 Å². The molecule has 1 aliphatic carbocycles. The first-order valence-electron chi connectivity index (χ1n) is 12.0. The third-order valence-corrected chi connectivity index (χ3v) is 7.75. The van der Waals surface area contributed by atoms with Gasteiger partial charge in [0, 0.05) is 56.1 Å². The lowest BCUT2D eigenvalue weighted by molar-refractivity contribution is -0.138. The first-order valence-corrected chi connectivity index (χ1v) is 12.4. The average Bonchev–Trinajstić information content (AvgIpc) is 3.58. The standard InChI is InChI=1S/C25H32ClN5O2/c1-17-3-6-20(15-22(17)26)31-23(18-4-5-18)21(16-27-31)25(33)29-9-7-19(8-10-29)24(32)30-13-11-28(2)12-14-30/h3,6,15-16,18-19H,4-5,7-14H2,1-2H3. The highest BCUT2D eigenvalue weighted by atomic mass is 35.5. The number of carbonyl (C=O) groups is 2. The van der Waals surface area contributed by atoms with Gasteiger partial charge in [0.05, 0.1) is 23.1 Å². The normalized spacial score (nSPS) is 20.3. The summed E-state index contributed by atoms with van der Waals surface area (Å²) in [5, 5.41) is 5.29. The number of aromatic nitrogens is 2. The Morgan fingerprint density at radius 3 is 2.30 bits per heavy atom. The van der Waals surface area contributed by atoms with E-state index in [4.69, 9.17) is 11.6 Å². The molecule has 0 spiro atoms. The second kappa shape index (κ2) is 9.11. The summed E-state index contributed by atoms with van der Waals surface area (Å²) in [6.45, 7) is 6.70. The molecular weight excluding hydrogens is 438 g/mol. The van der Waals surface area contributed by atoms with Gasteiger partial charge in [-0.2, -0.15) is 5.10 Å². The Bertz CT molecular complexity index is 1050. The summed E-state index contributed by atoms with van der Waals surface area (Å²) in [5.74, 6) is 0.686. The van der Waals surface area contributed by atoms with E-state index in [1.165, 1.54) is 0 Å². The van der Waals surface area contributed by atoms with E-state index < -0.39 is 0 Å². The number of amides is 2. The van der Waals surface area contributed by atoms with Crippen LogP contribution in [0.15, 0.2) is 24.4 Å². The third kappa shape index (κ3) is 4.53. The molecule has 2 aromatic rings. The van der Waals surface area contributed by atoms with Crippen molar-refractivity contribution >= 4 is 23.4 Å². The molecule has 8 heteroatoms. The summed E-state index contributed by atoms with van der Waals surface area (Å²) in [4.78, 5) is 32.6. The quantitative estimate of drug-likeness (QED) is 0.689. The molecule has 33 heavy (non-hydrogen) atoms. The fourth-order valence-corrected chi connectivity index (χ4v) is 5.15. The van der Waals surface area contributed by atoms with Crippen molar-refractivity contribution in [1.82, 2.24) is 24.5 Å². The summed E-state index contributed by atoms with van der Waals surface area (Å²) in [7, 11) is 2.09. The molecule has 176 valence electrons. The summed E-state index contributed by atoms with van der Waals surface area (Å²) in [5.41, 5.74) is 3.60. The van der Waals surface area contributed by atoms with Gasteiger partial charge in [0.15, 0.2) is 0 Å². The first kappa shape index (κ1) is 22.4. The highest BCUT2D eigenvalue weighted by molar-refractivity contribution is 6.31. The van der Waals surface area contributed by atoms with E-state index in [1.54, 1.807) is 6.20 Å². The number of halogens is 1. The SMILES string of the molecule is Cc1ccc(-n2ncc(C(=O)N3CCC(C(=O)N4CCN(C)CC4)CC3)c2C2CC2)cc1Cl. The van der Waals surface area contributed by atoms with Gasteiger partial charge in [-0.1, -0.05) is 17.7 Å². The number of likely N-dealkylation sites (N-methyl/N-ethyl adjacent to an activating group) is 1. The zero-order chi connectivity index (χ0) is 23.1. The molecule has 2 saturated heterocycles. The zero-order valence-corrected chi connectivity index (χ0v) is 20.2. The van der Waals surface area contributed by atoms with E-state index in [9.17, 15) is 9.59 Å². The molecule has 0 atom stereocenters. The Hall–Kier alpha value is -2.38. The Balaban J connectivity index is 1.28. The van der Waals surface area contributed by atoms with Crippen molar-refractivity contribution in [2.24, 2.45) is 5.92 Å². The highest BCUT2D eigenvalue weighted by Crippen LogP contribution is 2.43. The van der Waals surface area contributed by atoms with Gasteiger partial charge in [0.25, 0.3) is 5.91 Å². The fraction of sp³-hybridized carbons (Fsp3) is 0.560. The number of likely N-dealkylation sites (tertiary alicyclic amines) is 1. The molecule has 3 aliphatic rings. The fourth-order valence-electron chi connectivity index (χ4n) is 4.98. The van der Waals surface area contributed by atoms with Crippen molar-refractivity contribution in [3.8, 4) is 5.69 Å². The van der Waals surface area contributed by atoms with Crippen LogP contribution in [0, 0.1) is 12.8 Å². The maximum Gasteiger partial charge on any atom is 0.257 e. The zero-order valence-electron chi connectivity index (χ0n) is 19.5. The lowest BCUT2D eigenvalue weighted by atomic mass is 9.94. The maximum atomic E-state index is 13.5. The van der Waals surface area contributed by atoms with Crippen molar-refractivity contribution in [2.75, 3.05) is 46.3 Å². The van der Waals surface area contributed by atoms with E-state index >= 15 is 0 Å². The number of nitrogens with zero attached hydrogens (tertiary/aromatic N) is 5. The minimum absolute atomic E-state index is 0.0257. The number of hydrogen-bond donors (Lipinski definition) is 0. The van der Waals surface area contributed by atoms with Gasteiger partial charge in [0.2, 0.25) is 5.91 Å². The molecule has 1 aromatic heterocycles. The molecule has 2 aliphatic heterocycles. The van der Waals surface area contributed by atoms with Crippen LogP contribution in [-0.2, 0) is 4.79 Å². The van der Waals surface area contributed by atoms with Crippen molar-refractivity contribution < 1.29 is 9.59 Å². The molecule has 3 fully saturated rings. The van der Waals surface area contributed by atoms with Gasteiger partial charge in [0.1, 0.15) is 0 Å². The van der Waals surface area contributed by atoms with Crippen LogP contribution in [0.2, 0.25) is 5.02 Å².